The first kappa shape index (κ1) is 32.6. The van der Waals surface area contributed by atoms with Crippen molar-refractivity contribution >= 4 is 45.4 Å². The third-order valence-electron chi connectivity index (χ3n) is 9.62. The van der Waals surface area contributed by atoms with E-state index < -0.39 is 8.07 Å². The Morgan fingerprint density at radius 3 is 1.94 bits per heavy atom. The summed E-state index contributed by atoms with van der Waals surface area (Å²) in [4.78, 5) is 0. The van der Waals surface area contributed by atoms with Gasteiger partial charge in [-0.1, -0.05) is 133 Å². The van der Waals surface area contributed by atoms with Crippen molar-refractivity contribution in [2.45, 2.75) is 6.92 Å². The summed E-state index contributed by atoms with van der Waals surface area (Å²) in [5, 5.41) is 36.8. The number of benzene rings is 6. The summed E-state index contributed by atoms with van der Waals surface area (Å²) in [5.74, 6) is 0. The molecule has 1 heterocycles. The fraction of sp³-hybridized carbons (Fsp3) is 0.0217. The maximum absolute atomic E-state index is 10.7. The molecule has 0 bridgehead atoms. The van der Waals surface area contributed by atoms with Gasteiger partial charge >= 0.3 is 0 Å². The smallest absolute Gasteiger partial charge is 0.176 e. The molecule has 7 rings (SSSR count). The predicted octanol–water partition coefficient (Wildman–Crippen LogP) is 8.76. The lowest BCUT2D eigenvalue weighted by molar-refractivity contribution is 1.18. The molecule has 0 saturated carbocycles. The van der Waals surface area contributed by atoms with Gasteiger partial charge in [-0.3, -0.25) is 0 Å². The van der Waals surface area contributed by atoms with Gasteiger partial charge < -0.3 is 4.57 Å². The van der Waals surface area contributed by atoms with Crippen molar-refractivity contribution in [2.24, 2.45) is 0 Å². The van der Waals surface area contributed by atoms with Crippen LogP contribution in [0.25, 0.3) is 38.6 Å². The first-order valence-electron chi connectivity index (χ1n) is 16.7. The van der Waals surface area contributed by atoms with Gasteiger partial charge in [-0.2, -0.15) is 15.8 Å². The second-order valence-electron chi connectivity index (χ2n) is 12.4. The standard InChI is InChI=1S/C46H32N4Si/c1-3-4-7-14-33(2)51(38-15-8-5-9-16-38,39-17-10-6-11-18-39)46-29-36(23-24-37(46)32-49)40-19-12-13-20-43(40)50-44-26-22-34(30-47)27-42(44)41-25-21-35(31-48)28-45(41)50/h3-29H,1H2,2H3/b7-4-,33-14+. The summed E-state index contributed by atoms with van der Waals surface area (Å²) in [6, 6.07) is 54.2. The second-order valence-corrected chi connectivity index (χ2v) is 16.3. The average Bonchev–Trinajstić information content (AvgIpc) is 3.51. The van der Waals surface area contributed by atoms with Crippen LogP contribution in [0.2, 0.25) is 0 Å². The average molecular weight is 669 g/mol. The van der Waals surface area contributed by atoms with Crippen LogP contribution < -0.4 is 15.6 Å². The molecule has 0 atom stereocenters. The lowest BCUT2D eigenvalue weighted by Crippen LogP contribution is -2.69. The van der Waals surface area contributed by atoms with E-state index in [0.29, 0.717) is 16.7 Å². The molecule has 4 nitrogen and oxygen atoms in total. The number of nitriles is 3. The molecule has 0 radical (unpaired) electrons. The quantitative estimate of drug-likeness (QED) is 0.0923. The molecule has 0 N–H and O–H groups in total. The van der Waals surface area contributed by atoms with Gasteiger partial charge in [0.1, 0.15) is 0 Å². The van der Waals surface area contributed by atoms with E-state index in [0.717, 1.165) is 43.8 Å². The maximum atomic E-state index is 10.7. The number of para-hydroxylation sites is 1. The molecule has 51 heavy (non-hydrogen) atoms. The zero-order chi connectivity index (χ0) is 35.4. The molecule has 0 aliphatic heterocycles. The Hall–Kier alpha value is -6.97. The fourth-order valence-electron chi connectivity index (χ4n) is 7.38. The maximum Gasteiger partial charge on any atom is 0.176 e. The summed E-state index contributed by atoms with van der Waals surface area (Å²) < 4.78 is 2.18. The van der Waals surface area contributed by atoms with Gasteiger partial charge in [0.05, 0.1) is 51.6 Å². The molecular weight excluding hydrogens is 637 g/mol. The van der Waals surface area contributed by atoms with Gasteiger partial charge in [0.25, 0.3) is 0 Å². The van der Waals surface area contributed by atoms with Gasteiger partial charge in [0.15, 0.2) is 8.07 Å². The zero-order valence-corrected chi connectivity index (χ0v) is 29.1. The Labute approximate surface area is 299 Å². The van der Waals surface area contributed by atoms with Crippen LogP contribution in [0.3, 0.4) is 0 Å². The van der Waals surface area contributed by atoms with Crippen LogP contribution in [0, 0.1) is 34.0 Å². The van der Waals surface area contributed by atoms with Crippen molar-refractivity contribution in [2.75, 3.05) is 0 Å². The number of rotatable bonds is 8. The molecule has 0 amide bonds. The first-order chi connectivity index (χ1) is 25.0. The topological polar surface area (TPSA) is 76.3 Å². The minimum Gasteiger partial charge on any atom is -0.309 e. The van der Waals surface area contributed by atoms with Gasteiger partial charge in [0, 0.05) is 16.3 Å². The Kier molecular flexibility index (Phi) is 8.86. The summed E-state index contributed by atoms with van der Waals surface area (Å²) in [6.45, 7) is 6.05. The minimum absolute atomic E-state index is 0.555. The SMILES string of the molecule is C=C/C=C\C=C(/C)[Si](c1ccccc1)(c1ccccc1)c1cc(-c2ccccc2-n2c3ccc(C#N)cc3c3ccc(C#N)cc32)ccc1C#N. The van der Waals surface area contributed by atoms with E-state index in [2.05, 4.69) is 109 Å². The van der Waals surface area contributed by atoms with Crippen molar-refractivity contribution < 1.29 is 0 Å². The Balaban J connectivity index is 1.57. The summed E-state index contributed by atoms with van der Waals surface area (Å²) in [7, 11) is -3.02. The van der Waals surface area contributed by atoms with Gasteiger partial charge in [-0.05, 0) is 70.5 Å². The summed E-state index contributed by atoms with van der Waals surface area (Å²) in [6.07, 6.45) is 7.89. The van der Waals surface area contributed by atoms with Gasteiger partial charge in [-0.15, -0.1) is 0 Å². The van der Waals surface area contributed by atoms with E-state index in [9.17, 15) is 15.8 Å². The number of nitrogens with zero attached hydrogens (tertiary/aromatic N) is 4. The van der Waals surface area contributed by atoms with Crippen molar-refractivity contribution in [3.63, 3.8) is 0 Å². The molecule has 0 unspecified atom stereocenters. The minimum atomic E-state index is -3.02. The third-order valence-corrected chi connectivity index (χ3v) is 14.6. The molecule has 0 saturated heterocycles. The van der Waals surface area contributed by atoms with E-state index in [1.54, 1.807) is 6.08 Å². The molecule has 0 fully saturated rings. The molecule has 7 aromatic rings. The van der Waals surface area contributed by atoms with E-state index in [-0.39, 0.29) is 0 Å². The monoisotopic (exact) mass is 668 g/mol. The fourth-order valence-corrected chi connectivity index (χ4v) is 12.3. The molecule has 0 spiro atoms. The zero-order valence-electron chi connectivity index (χ0n) is 28.1. The molecule has 5 heteroatoms. The first-order valence-corrected chi connectivity index (χ1v) is 18.7. The van der Waals surface area contributed by atoms with Crippen molar-refractivity contribution in [3.8, 4) is 35.0 Å². The van der Waals surface area contributed by atoms with Gasteiger partial charge in [0.2, 0.25) is 0 Å². The largest absolute Gasteiger partial charge is 0.309 e. The van der Waals surface area contributed by atoms with Crippen molar-refractivity contribution in [1.82, 2.24) is 4.57 Å². The van der Waals surface area contributed by atoms with Crippen LogP contribution >= 0.6 is 0 Å². The molecule has 6 aromatic carbocycles. The molecular formula is C46H32N4Si. The molecule has 240 valence electrons. The number of hydrogen-bond acceptors (Lipinski definition) is 3. The molecule has 0 aliphatic carbocycles. The lowest BCUT2D eigenvalue weighted by Gasteiger charge is -2.36. The van der Waals surface area contributed by atoms with Crippen LogP contribution in [0.4, 0.5) is 0 Å². The normalized spacial score (nSPS) is 11.7. The highest BCUT2D eigenvalue weighted by molar-refractivity contribution is 7.16. The van der Waals surface area contributed by atoms with E-state index in [4.69, 9.17) is 0 Å². The third kappa shape index (κ3) is 5.57. The number of allylic oxidation sites excluding steroid dienone is 5. The Bertz CT molecular complexity index is 2600. The molecule has 1 aromatic heterocycles. The highest BCUT2D eigenvalue weighted by atomic mass is 28.3. The van der Waals surface area contributed by atoms with Crippen molar-refractivity contribution in [3.05, 3.63) is 192 Å². The van der Waals surface area contributed by atoms with Crippen LogP contribution in [-0.4, -0.2) is 12.6 Å². The number of hydrogen-bond donors (Lipinski definition) is 0. The van der Waals surface area contributed by atoms with Crippen LogP contribution in [0.1, 0.15) is 23.6 Å². The van der Waals surface area contributed by atoms with E-state index in [1.165, 1.54) is 15.6 Å². The Morgan fingerprint density at radius 1 is 0.627 bits per heavy atom. The number of fused-ring (bicyclic) bond motifs is 3. The number of aromatic nitrogens is 1. The predicted molar refractivity (Wildman–Crippen MR) is 211 cm³/mol. The lowest BCUT2D eigenvalue weighted by atomic mass is 10.0. The van der Waals surface area contributed by atoms with Crippen LogP contribution in [0.5, 0.6) is 0 Å². The highest BCUT2D eigenvalue weighted by Gasteiger charge is 2.43. The van der Waals surface area contributed by atoms with E-state index in [1.807, 2.05) is 84.9 Å². The van der Waals surface area contributed by atoms with Crippen LogP contribution in [0.15, 0.2) is 176 Å². The highest BCUT2D eigenvalue weighted by Crippen LogP contribution is 2.37. The summed E-state index contributed by atoms with van der Waals surface area (Å²) in [5.41, 5.74) is 6.46. The van der Waals surface area contributed by atoms with Crippen molar-refractivity contribution in [1.29, 1.82) is 15.8 Å². The Morgan fingerprint density at radius 2 is 1.27 bits per heavy atom. The summed E-state index contributed by atoms with van der Waals surface area (Å²) >= 11 is 0. The van der Waals surface area contributed by atoms with Crippen LogP contribution in [-0.2, 0) is 0 Å². The molecule has 0 aliphatic rings. The van der Waals surface area contributed by atoms with E-state index >= 15 is 0 Å². The van der Waals surface area contributed by atoms with Gasteiger partial charge in [-0.25, -0.2) is 0 Å². The second kappa shape index (κ2) is 13.9.